The van der Waals surface area contributed by atoms with E-state index in [0.29, 0.717) is 67.3 Å². The normalized spacial score (nSPS) is 15.1. The van der Waals surface area contributed by atoms with Crippen molar-refractivity contribution in [2.75, 3.05) is 56.0 Å². The summed E-state index contributed by atoms with van der Waals surface area (Å²) in [5.74, 6) is -1.67. The number of hydrogen-bond acceptors (Lipinski definition) is 9. The summed E-state index contributed by atoms with van der Waals surface area (Å²) in [6.07, 6.45) is 6.88. The summed E-state index contributed by atoms with van der Waals surface area (Å²) in [5.41, 5.74) is 18.7. The number of piperidine rings is 1. The first-order valence-corrected chi connectivity index (χ1v) is 19.9. The molecule has 2 aromatic carbocycles. The minimum absolute atomic E-state index is 0.0854. The van der Waals surface area contributed by atoms with Crippen molar-refractivity contribution in [3.8, 4) is 0 Å². The first kappa shape index (κ1) is 44.2. The minimum Gasteiger partial charge on any atom is -0.370 e. The first-order chi connectivity index (χ1) is 27.5. The van der Waals surface area contributed by atoms with Crippen molar-refractivity contribution >= 4 is 58.5 Å². The molecule has 57 heavy (non-hydrogen) atoms. The lowest BCUT2D eigenvalue weighted by Gasteiger charge is -2.33. The monoisotopic (exact) mass is 789 g/mol. The maximum Gasteiger partial charge on any atom is 0.257 e. The lowest BCUT2D eigenvalue weighted by Crippen LogP contribution is -2.54. The summed E-state index contributed by atoms with van der Waals surface area (Å²) in [6, 6.07) is 12.7. The second kappa shape index (κ2) is 22.9. The molecular weight excluding hydrogens is 731 g/mol. The van der Waals surface area contributed by atoms with Gasteiger partial charge in [-0.3, -0.25) is 43.6 Å². The van der Waals surface area contributed by atoms with Gasteiger partial charge in [-0.05, 0) is 101 Å². The number of carbonyl (C=O) groups is 6. The van der Waals surface area contributed by atoms with Crippen molar-refractivity contribution in [1.82, 2.24) is 26.2 Å². The maximum atomic E-state index is 13.8. The fraction of sp³-hybridized carbons (Fsp3) is 0.525. The van der Waals surface area contributed by atoms with E-state index in [0.717, 1.165) is 45.2 Å². The van der Waals surface area contributed by atoms with Crippen molar-refractivity contribution in [1.29, 1.82) is 0 Å². The highest BCUT2D eigenvalue weighted by atomic mass is 16.2. The van der Waals surface area contributed by atoms with E-state index in [9.17, 15) is 28.8 Å². The molecule has 1 saturated heterocycles. The van der Waals surface area contributed by atoms with Gasteiger partial charge in [-0.25, -0.2) is 0 Å². The van der Waals surface area contributed by atoms with E-state index in [4.69, 9.17) is 17.2 Å². The molecule has 1 fully saturated rings. The average Bonchev–Trinajstić information content (AvgIpc) is 3.31. The van der Waals surface area contributed by atoms with Crippen LogP contribution in [0.1, 0.15) is 81.5 Å². The number of hydrogen-bond donors (Lipinski definition) is 8. The Kier molecular flexibility index (Phi) is 17.7. The highest BCUT2D eigenvalue weighted by Crippen LogP contribution is 2.38. The van der Waals surface area contributed by atoms with Crippen LogP contribution in [0.2, 0.25) is 0 Å². The van der Waals surface area contributed by atoms with Crippen LogP contribution in [-0.4, -0.2) is 104 Å². The molecule has 6 amide bonds. The quantitative estimate of drug-likeness (QED) is 0.0509. The number of nitrogens with two attached hydrogens (primary N) is 3. The predicted molar refractivity (Wildman–Crippen MR) is 219 cm³/mol. The van der Waals surface area contributed by atoms with E-state index < -0.39 is 23.9 Å². The largest absolute Gasteiger partial charge is 0.370 e. The Labute approximate surface area is 334 Å². The Bertz CT molecular complexity index is 1720. The summed E-state index contributed by atoms with van der Waals surface area (Å²) in [4.78, 5) is 85.0. The van der Waals surface area contributed by atoms with Gasteiger partial charge >= 0.3 is 0 Å². The van der Waals surface area contributed by atoms with E-state index in [2.05, 4.69) is 36.5 Å². The first-order valence-electron chi connectivity index (χ1n) is 19.9. The second-order valence-corrected chi connectivity index (χ2v) is 14.5. The molecule has 0 bridgehead atoms. The van der Waals surface area contributed by atoms with E-state index in [1.807, 2.05) is 24.3 Å². The third-order valence-corrected chi connectivity index (χ3v) is 10.1. The lowest BCUT2D eigenvalue weighted by atomic mass is 9.91. The van der Waals surface area contributed by atoms with Gasteiger partial charge in [0, 0.05) is 20.0 Å². The molecule has 2 aromatic rings. The van der Waals surface area contributed by atoms with E-state index in [-0.39, 0.29) is 55.6 Å². The van der Waals surface area contributed by atoms with E-state index >= 15 is 0 Å². The van der Waals surface area contributed by atoms with Gasteiger partial charge in [-0.1, -0.05) is 37.1 Å². The van der Waals surface area contributed by atoms with Crippen LogP contribution in [0.5, 0.6) is 0 Å². The summed E-state index contributed by atoms with van der Waals surface area (Å²) >= 11 is 0. The molecule has 0 saturated carbocycles. The van der Waals surface area contributed by atoms with Crippen LogP contribution in [0.3, 0.4) is 0 Å². The molecule has 0 aromatic heterocycles. The van der Waals surface area contributed by atoms with Crippen molar-refractivity contribution in [3.05, 3.63) is 54.1 Å². The van der Waals surface area contributed by atoms with Crippen LogP contribution in [0.25, 0.3) is 0 Å². The topological polar surface area (TPSA) is 259 Å². The number of guanidine groups is 1. The molecule has 11 N–H and O–H groups in total. The third kappa shape index (κ3) is 14.2. The number of rotatable bonds is 21. The number of nitrogens with one attached hydrogen (secondary N) is 5. The number of aliphatic imine (C=N–C) groups is 1. The average molecular weight is 790 g/mol. The molecule has 0 spiro atoms. The zero-order valence-corrected chi connectivity index (χ0v) is 32.9. The highest BCUT2D eigenvalue weighted by Gasteiger charge is 2.31. The third-order valence-electron chi connectivity index (χ3n) is 10.1. The fourth-order valence-electron chi connectivity index (χ4n) is 7.11. The molecule has 17 nitrogen and oxygen atoms in total. The van der Waals surface area contributed by atoms with Gasteiger partial charge in [0.15, 0.2) is 5.96 Å². The molecule has 17 heteroatoms. The van der Waals surface area contributed by atoms with Crippen molar-refractivity contribution in [2.24, 2.45) is 28.1 Å². The summed E-state index contributed by atoms with van der Waals surface area (Å²) in [6.45, 7) is 4.03. The lowest BCUT2D eigenvalue weighted by molar-refractivity contribution is -0.132. The Morgan fingerprint density at radius 2 is 1.53 bits per heavy atom. The molecule has 2 aliphatic rings. The number of unbranched alkanes of at least 4 members (excludes halogenated alkanes) is 2. The summed E-state index contributed by atoms with van der Waals surface area (Å²) in [7, 11) is 0. The molecule has 0 aliphatic carbocycles. The molecule has 2 aliphatic heterocycles. The summed E-state index contributed by atoms with van der Waals surface area (Å²) < 4.78 is 0. The maximum absolute atomic E-state index is 13.8. The predicted octanol–water partition coefficient (Wildman–Crippen LogP) is 1.20. The van der Waals surface area contributed by atoms with Crippen LogP contribution in [0, 0.1) is 5.92 Å². The van der Waals surface area contributed by atoms with Crippen LogP contribution in [0.15, 0.2) is 53.5 Å². The Morgan fingerprint density at radius 3 is 2.25 bits per heavy atom. The second-order valence-electron chi connectivity index (χ2n) is 14.5. The number of nitrogens with zero attached hydrogens (tertiary/aromatic N) is 3. The SMILES string of the molecule is CC(=O)N[C@@H](CCCCN)C(=O)N[C@@H](CCCN=C(N)N)C(=O)NCC(=O)NCCCCC1CCN(CC(=O)N2c3ccccc3NC(=O)c3ccccc32)CC1. The summed E-state index contributed by atoms with van der Waals surface area (Å²) in [5, 5.41) is 13.7. The minimum atomic E-state index is -0.972. The molecule has 310 valence electrons. The van der Waals surface area contributed by atoms with Gasteiger partial charge in [-0.15, -0.1) is 0 Å². The Morgan fingerprint density at radius 1 is 0.842 bits per heavy atom. The van der Waals surface area contributed by atoms with Gasteiger partial charge in [0.05, 0.1) is 35.7 Å². The number of likely N-dealkylation sites (tertiary alicyclic amines) is 1. The Hall–Kier alpha value is -5.55. The number of fused-ring (bicyclic) bond motifs is 2. The van der Waals surface area contributed by atoms with Gasteiger partial charge in [0.2, 0.25) is 29.5 Å². The van der Waals surface area contributed by atoms with E-state index in [1.54, 1.807) is 29.2 Å². The molecule has 0 radical (unpaired) electrons. The highest BCUT2D eigenvalue weighted by molar-refractivity contribution is 6.18. The molecule has 0 unspecified atom stereocenters. The van der Waals surface area contributed by atoms with Crippen molar-refractivity contribution in [3.63, 3.8) is 0 Å². The molecular formula is C40H59N11O6. The number of anilines is 3. The van der Waals surface area contributed by atoms with Crippen molar-refractivity contribution < 1.29 is 28.8 Å². The zero-order valence-electron chi connectivity index (χ0n) is 32.9. The van der Waals surface area contributed by atoms with Gasteiger partial charge in [0.1, 0.15) is 12.1 Å². The number of para-hydroxylation sites is 3. The molecule has 4 rings (SSSR count). The standard InChI is InChI=1S/C40H59N11O6/c1-27(52)47-32(14-6-8-20-41)39(57)49-31(15-10-22-45-40(42)43)38(56)46-25-35(53)44-21-9-7-11-28-18-23-50(24-19-28)26-36(54)51-33-16-4-2-12-29(33)37(55)48-30-13-3-5-17-34(30)51/h2-5,12-13,16-17,28,31-32H,6-11,14-15,18-26,41H2,1H3,(H,44,53)(H,46,56)(H,47,52)(H,48,55)(H,49,57)(H4,42,43,45)/t31-,32-/m0/s1. The van der Waals surface area contributed by atoms with Crippen LogP contribution in [0.4, 0.5) is 17.1 Å². The number of benzene rings is 2. The van der Waals surface area contributed by atoms with Gasteiger partial charge in [0.25, 0.3) is 5.91 Å². The zero-order chi connectivity index (χ0) is 41.2. The van der Waals surface area contributed by atoms with Gasteiger partial charge < -0.3 is 43.8 Å². The van der Waals surface area contributed by atoms with Crippen LogP contribution >= 0.6 is 0 Å². The van der Waals surface area contributed by atoms with Gasteiger partial charge in [-0.2, -0.15) is 0 Å². The Balaban J connectivity index is 1.17. The molecule has 2 heterocycles. The van der Waals surface area contributed by atoms with E-state index in [1.165, 1.54) is 6.92 Å². The number of carbonyl (C=O) groups excluding carboxylic acids is 6. The van der Waals surface area contributed by atoms with Crippen LogP contribution in [-0.2, 0) is 24.0 Å². The fourth-order valence-corrected chi connectivity index (χ4v) is 7.11. The smallest absolute Gasteiger partial charge is 0.257 e. The van der Waals surface area contributed by atoms with Crippen molar-refractivity contribution in [2.45, 2.75) is 83.2 Å². The molecule has 2 atom stereocenters. The number of amides is 6. The van der Waals surface area contributed by atoms with Crippen LogP contribution < -0.4 is 48.7 Å².